The third-order valence-corrected chi connectivity index (χ3v) is 0.566. The Bertz CT molecular complexity index is 82.4. The number of nitrogens with zero attached hydrogens (tertiary/aromatic N) is 1. The maximum absolute atomic E-state index is 3.78. The molecule has 1 aromatic rings. The van der Waals surface area contributed by atoms with Crippen LogP contribution in [0.25, 0.3) is 0 Å². The predicted octanol–water partition coefficient (Wildman–Crippen LogP) is 0.320. The summed E-state index contributed by atoms with van der Waals surface area (Å²) in [5.74, 6) is 0. The summed E-state index contributed by atoms with van der Waals surface area (Å²) in [6.45, 7) is 0. The van der Waals surface area contributed by atoms with E-state index in [4.69, 9.17) is 0 Å². The summed E-state index contributed by atoms with van der Waals surface area (Å²) in [6.07, 6.45) is 3.50. The van der Waals surface area contributed by atoms with E-state index >= 15 is 0 Å². The molecule has 1 nitrogen and oxygen atoms in total. The second kappa shape index (κ2) is 8.15. The van der Waals surface area contributed by atoms with Gasteiger partial charge in [-0.1, -0.05) is 6.07 Å². The molecule has 0 amide bonds. The summed E-state index contributed by atoms with van der Waals surface area (Å²) in [6, 6.07) is 5.72. The van der Waals surface area contributed by atoms with E-state index in [-0.39, 0.29) is 59.1 Å². The zero-order valence-corrected chi connectivity index (χ0v) is 9.33. The molecule has 3 heteroatoms. The van der Waals surface area contributed by atoms with Crippen LogP contribution in [0.3, 0.4) is 0 Å². The van der Waals surface area contributed by atoms with Gasteiger partial charge >= 0.3 is 0 Å². The first-order valence-corrected chi connectivity index (χ1v) is 1.85. The van der Waals surface area contributed by atoms with Crippen LogP contribution in [-0.4, -0.2) is 64.1 Å². The van der Waals surface area contributed by atoms with Crippen LogP contribution in [-0.2, 0) is 0 Å². The van der Waals surface area contributed by atoms with E-state index in [0.717, 1.165) is 0 Å². The van der Waals surface area contributed by atoms with Gasteiger partial charge in [-0.05, 0) is 12.1 Å². The van der Waals surface area contributed by atoms with E-state index in [1.54, 1.807) is 12.4 Å². The van der Waals surface area contributed by atoms with E-state index in [0.29, 0.717) is 0 Å². The molecule has 1 aromatic heterocycles. The van der Waals surface area contributed by atoms with Crippen molar-refractivity contribution in [2.75, 3.05) is 0 Å². The van der Waals surface area contributed by atoms with E-state index in [1.807, 2.05) is 18.2 Å². The number of pyridine rings is 1. The minimum atomic E-state index is 0. The molecular weight excluding hydrogens is 120 g/mol. The number of rotatable bonds is 0. The molecule has 0 aliphatic heterocycles. The topological polar surface area (TPSA) is 12.9 Å². The van der Waals surface area contributed by atoms with Gasteiger partial charge in [-0.3, -0.25) is 4.98 Å². The first kappa shape index (κ1) is 11.9. The van der Waals surface area contributed by atoms with Crippen molar-refractivity contribution in [2.45, 2.75) is 0 Å². The molecular formula is C5H5NNa2. The molecule has 0 spiro atoms. The number of hydrogen-bond donors (Lipinski definition) is 0. The smallest absolute Gasteiger partial charge is 0.0267 e. The summed E-state index contributed by atoms with van der Waals surface area (Å²) >= 11 is 0. The average Bonchev–Trinajstić information content (AvgIpc) is 1.72. The van der Waals surface area contributed by atoms with Crippen LogP contribution in [0, 0.1) is 0 Å². The van der Waals surface area contributed by atoms with Gasteiger partial charge in [-0.15, -0.1) is 0 Å². The minimum absolute atomic E-state index is 0. The fourth-order valence-corrected chi connectivity index (χ4v) is 0.313. The molecule has 0 bridgehead atoms. The zero-order valence-electron chi connectivity index (χ0n) is 5.33. The third-order valence-electron chi connectivity index (χ3n) is 0.566. The molecule has 8 heavy (non-hydrogen) atoms. The normalized spacial score (nSPS) is 6.00. The summed E-state index contributed by atoms with van der Waals surface area (Å²) in [7, 11) is 0. The molecule has 0 aromatic carbocycles. The van der Waals surface area contributed by atoms with Gasteiger partial charge in [0, 0.05) is 71.5 Å². The Hall–Kier alpha value is 1.15. The van der Waals surface area contributed by atoms with Crippen LogP contribution in [0.2, 0.25) is 0 Å². The number of hydrogen-bond acceptors (Lipinski definition) is 1. The quantitative estimate of drug-likeness (QED) is 0.455. The summed E-state index contributed by atoms with van der Waals surface area (Å²) in [4.78, 5) is 3.78. The Labute approximate surface area is 93.5 Å². The Morgan fingerprint density at radius 1 is 0.750 bits per heavy atom. The van der Waals surface area contributed by atoms with Crippen LogP contribution in [0.5, 0.6) is 0 Å². The molecule has 0 atom stereocenters. The van der Waals surface area contributed by atoms with Crippen LogP contribution < -0.4 is 0 Å². The molecule has 0 aliphatic rings. The Morgan fingerprint density at radius 3 is 1.38 bits per heavy atom. The Morgan fingerprint density at radius 2 is 1.25 bits per heavy atom. The van der Waals surface area contributed by atoms with E-state index in [9.17, 15) is 0 Å². The van der Waals surface area contributed by atoms with Crippen LogP contribution >= 0.6 is 0 Å². The largest absolute Gasteiger partial charge is 0.265 e. The van der Waals surface area contributed by atoms with Crippen molar-refractivity contribution in [1.29, 1.82) is 0 Å². The second-order valence-electron chi connectivity index (χ2n) is 1.02. The fraction of sp³-hybridized carbons (Fsp3) is 0. The Kier molecular flexibility index (Phi) is 12.1. The van der Waals surface area contributed by atoms with Gasteiger partial charge in [0.15, 0.2) is 0 Å². The molecule has 0 unspecified atom stereocenters. The van der Waals surface area contributed by atoms with Gasteiger partial charge in [0.25, 0.3) is 0 Å². The maximum Gasteiger partial charge on any atom is 0.0267 e. The second-order valence-corrected chi connectivity index (χ2v) is 1.02. The molecule has 2 radical (unpaired) electrons. The molecule has 0 fully saturated rings. The molecule has 0 N–H and O–H groups in total. The van der Waals surface area contributed by atoms with Crippen molar-refractivity contribution in [3.05, 3.63) is 30.6 Å². The van der Waals surface area contributed by atoms with Crippen molar-refractivity contribution >= 4 is 59.1 Å². The van der Waals surface area contributed by atoms with Crippen LogP contribution in [0.15, 0.2) is 30.6 Å². The van der Waals surface area contributed by atoms with E-state index in [1.165, 1.54) is 0 Å². The van der Waals surface area contributed by atoms with Crippen molar-refractivity contribution in [3.8, 4) is 0 Å². The fourth-order valence-electron chi connectivity index (χ4n) is 0.313. The first-order chi connectivity index (χ1) is 3.00. The molecule has 0 saturated carbocycles. The minimum Gasteiger partial charge on any atom is -0.265 e. The van der Waals surface area contributed by atoms with E-state index < -0.39 is 0 Å². The third kappa shape index (κ3) is 5.29. The van der Waals surface area contributed by atoms with Crippen LogP contribution in [0.1, 0.15) is 0 Å². The predicted molar refractivity (Wildman–Crippen MR) is 35.7 cm³/mol. The van der Waals surface area contributed by atoms with E-state index in [2.05, 4.69) is 4.98 Å². The van der Waals surface area contributed by atoms with Gasteiger partial charge in [-0.25, -0.2) is 0 Å². The van der Waals surface area contributed by atoms with Crippen molar-refractivity contribution in [2.24, 2.45) is 0 Å². The van der Waals surface area contributed by atoms with Crippen LogP contribution in [0.4, 0.5) is 0 Å². The average molecular weight is 125 g/mol. The summed E-state index contributed by atoms with van der Waals surface area (Å²) in [5.41, 5.74) is 0. The molecule has 1 rings (SSSR count). The standard InChI is InChI=1S/C5H5N.2Na/c1-2-4-6-5-3-1;;/h1-5H;;. The molecule has 32 valence electrons. The van der Waals surface area contributed by atoms with Crippen molar-refractivity contribution in [1.82, 2.24) is 4.98 Å². The molecule has 1 heterocycles. The van der Waals surface area contributed by atoms with Crippen molar-refractivity contribution < 1.29 is 0 Å². The monoisotopic (exact) mass is 125 g/mol. The summed E-state index contributed by atoms with van der Waals surface area (Å²) < 4.78 is 0. The Balaban J connectivity index is 0. The zero-order chi connectivity index (χ0) is 4.24. The maximum atomic E-state index is 3.78. The summed E-state index contributed by atoms with van der Waals surface area (Å²) in [5, 5.41) is 0. The van der Waals surface area contributed by atoms with Gasteiger partial charge in [0.05, 0.1) is 0 Å². The van der Waals surface area contributed by atoms with Gasteiger partial charge in [0.2, 0.25) is 0 Å². The first-order valence-electron chi connectivity index (χ1n) is 1.85. The van der Waals surface area contributed by atoms with Gasteiger partial charge < -0.3 is 0 Å². The van der Waals surface area contributed by atoms with Gasteiger partial charge in [0.1, 0.15) is 0 Å². The van der Waals surface area contributed by atoms with Gasteiger partial charge in [-0.2, -0.15) is 0 Å². The SMILES string of the molecule is [Na].[Na].c1ccncc1. The van der Waals surface area contributed by atoms with Crippen molar-refractivity contribution in [3.63, 3.8) is 0 Å². The number of aromatic nitrogens is 1. The molecule has 0 aliphatic carbocycles. The molecule has 0 saturated heterocycles.